The van der Waals surface area contributed by atoms with Crippen LogP contribution in [0.3, 0.4) is 0 Å². The van der Waals surface area contributed by atoms with Crippen LogP contribution in [-0.2, 0) is 0 Å². The van der Waals surface area contributed by atoms with Crippen LogP contribution in [0.4, 0.5) is 4.39 Å². The Labute approximate surface area is 118 Å². The van der Waals surface area contributed by atoms with Gasteiger partial charge in [-0.3, -0.25) is 4.57 Å². The average Bonchev–Trinajstić information content (AvgIpc) is 2.89. The van der Waals surface area contributed by atoms with Crippen LogP contribution >= 0.6 is 0 Å². The van der Waals surface area contributed by atoms with E-state index >= 15 is 0 Å². The molecule has 2 aromatic carbocycles. The first-order chi connectivity index (χ1) is 10.1. The number of imidazole rings is 1. The van der Waals surface area contributed by atoms with E-state index in [0.29, 0.717) is 16.7 Å². The van der Waals surface area contributed by atoms with E-state index in [4.69, 9.17) is 10.4 Å². The van der Waals surface area contributed by atoms with Crippen LogP contribution in [0.25, 0.3) is 16.7 Å². The molecule has 3 aromatic rings. The lowest BCUT2D eigenvalue weighted by molar-refractivity contribution is 0.0697. The molecule has 0 radical (unpaired) electrons. The molecule has 5 nitrogen and oxygen atoms in total. The Bertz CT molecular complexity index is 909. The van der Waals surface area contributed by atoms with Gasteiger partial charge in [-0.1, -0.05) is 0 Å². The number of benzene rings is 2. The lowest BCUT2D eigenvalue weighted by atomic mass is 10.1. The number of carboxylic acids is 1. The smallest absolute Gasteiger partial charge is 0.335 e. The Hall–Kier alpha value is -3.20. The third kappa shape index (κ3) is 2.11. The molecule has 1 aromatic heterocycles. The second kappa shape index (κ2) is 4.72. The van der Waals surface area contributed by atoms with E-state index in [2.05, 4.69) is 4.98 Å². The van der Waals surface area contributed by atoms with E-state index < -0.39 is 11.8 Å². The van der Waals surface area contributed by atoms with Crippen molar-refractivity contribution in [3.05, 3.63) is 59.7 Å². The fourth-order valence-corrected chi connectivity index (χ4v) is 2.14. The van der Waals surface area contributed by atoms with Gasteiger partial charge in [-0.25, -0.2) is 14.2 Å². The van der Waals surface area contributed by atoms with Gasteiger partial charge >= 0.3 is 5.97 Å². The molecular weight excluding hydrogens is 273 g/mol. The fourth-order valence-electron chi connectivity index (χ4n) is 2.14. The Kier molecular flexibility index (Phi) is 2.88. The molecule has 0 fully saturated rings. The van der Waals surface area contributed by atoms with Gasteiger partial charge in [0, 0.05) is 0 Å². The zero-order chi connectivity index (χ0) is 15.0. The normalized spacial score (nSPS) is 10.5. The molecule has 0 saturated heterocycles. The van der Waals surface area contributed by atoms with Crippen molar-refractivity contribution in [2.45, 2.75) is 0 Å². The summed E-state index contributed by atoms with van der Waals surface area (Å²) in [6, 6.07) is 10.3. The van der Waals surface area contributed by atoms with Crippen molar-refractivity contribution in [2.24, 2.45) is 0 Å². The maximum absolute atomic E-state index is 13.2. The highest BCUT2D eigenvalue weighted by Crippen LogP contribution is 2.22. The maximum atomic E-state index is 13.2. The van der Waals surface area contributed by atoms with E-state index in [1.807, 2.05) is 6.07 Å². The predicted octanol–water partition coefficient (Wildman–Crippen LogP) is 2.73. The summed E-state index contributed by atoms with van der Waals surface area (Å²) in [5.74, 6) is -1.56. The number of aromatic nitrogens is 2. The van der Waals surface area contributed by atoms with Crippen LogP contribution in [0, 0.1) is 17.1 Å². The molecule has 6 heteroatoms. The van der Waals surface area contributed by atoms with Crippen LogP contribution in [0.2, 0.25) is 0 Å². The molecule has 3 rings (SSSR count). The van der Waals surface area contributed by atoms with Crippen LogP contribution in [0.5, 0.6) is 0 Å². The standard InChI is InChI=1S/C15H8FN3O2/c16-11-2-4-13(10(5-11)7-17)19-8-18-12-3-1-9(15(20)21)6-14(12)19/h1-6,8H,(H,20,21). The van der Waals surface area contributed by atoms with Gasteiger partial charge in [-0.05, 0) is 36.4 Å². The average molecular weight is 281 g/mol. The molecule has 1 N–H and O–H groups in total. The zero-order valence-corrected chi connectivity index (χ0v) is 10.6. The number of nitrogens with zero attached hydrogens (tertiary/aromatic N) is 3. The predicted molar refractivity (Wildman–Crippen MR) is 72.7 cm³/mol. The molecule has 21 heavy (non-hydrogen) atoms. The minimum absolute atomic E-state index is 0.116. The number of rotatable bonds is 2. The SMILES string of the molecule is N#Cc1cc(F)ccc1-n1cnc2ccc(C(=O)O)cc21. The quantitative estimate of drug-likeness (QED) is 0.783. The summed E-state index contributed by atoms with van der Waals surface area (Å²) in [4.78, 5) is 15.2. The Morgan fingerprint density at radius 2 is 2.10 bits per heavy atom. The van der Waals surface area contributed by atoms with Gasteiger partial charge < -0.3 is 5.11 Å². The van der Waals surface area contributed by atoms with Crippen molar-refractivity contribution < 1.29 is 14.3 Å². The second-order valence-corrected chi connectivity index (χ2v) is 4.40. The van der Waals surface area contributed by atoms with Crippen molar-refractivity contribution in [3.8, 4) is 11.8 Å². The van der Waals surface area contributed by atoms with E-state index in [1.54, 1.807) is 10.6 Å². The van der Waals surface area contributed by atoms with Crippen molar-refractivity contribution in [3.63, 3.8) is 0 Å². The summed E-state index contributed by atoms with van der Waals surface area (Å²) in [6.45, 7) is 0. The first kappa shape index (κ1) is 12.8. The highest BCUT2D eigenvalue weighted by Gasteiger charge is 2.12. The molecule has 0 bridgehead atoms. The summed E-state index contributed by atoms with van der Waals surface area (Å²) in [5.41, 5.74) is 1.84. The summed E-state index contributed by atoms with van der Waals surface area (Å²) in [5, 5.41) is 18.2. The van der Waals surface area contributed by atoms with E-state index in [0.717, 1.165) is 6.07 Å². The Balaban J connectivity index is 2.28. The molecule has 102 valence electrons. The highest BCUT2D eigenvalue weighted by molar-refractivity contribution is 5.92. The maximum Gasteiger partial charge on any atom is 0.335 e. The van der Waals surface area contributed by atoms with Gasteiger partial charge in [0.15, 0.2) is 0 Å². The van der Waals surface area contributed by atoms with E-state index in [-0.39, 0.29) is 11.1 Å². The van der Waals surface area contributed by atoms with Crippen LogP contribution in [-0.4, -0.2) is 20.6 Å². The number of hydrogen-bond acceptors (Lipinski definition) is 3. The van der Waals surface area contributed by atoms with Gasteiger partial charge in [0.05, 0.1) is 27.8 Å². The summed E-state index contributed by atoms with van der Waals surface area (Å²) >= 11 is 0. The van der Waals surface area contributed by atoms with Gasteiger partial charge in [0.2, 0.25) is 0 Å². The minimum Gasteiger partial charge on any atom is -0.478 e. The molecule has 0 aliphatic rings. The number of aromatic carboxylic acids is 1. The third-order valence-electron chi connectivity index (χ3n) is 3.13. The lowest BCUT2D eigenvalue weighted by Crippen LogP contribution is -1.99. The van der Waals surface area contributed by atoms with Crippen molar-refractivity contribution in [2.75, 3.05) is 0 Å². The van der Waals surface area contributed by atoms with E-state index in [1.165, 1.54) is 30.6 Å². The van der Waals surface area contributed by atoms with Crippen molar-refractivity contribution >= 4 is 17.0 Å². The van der Waals surface area contributed by atoms with E-state index in [9.17, 15) is 9.18 Å². The van der Waals surface area contributed by atoms with Gasteiger partial charge in [0.1, 0.15) is 18.2 Å². The number of carboxylic acid groups (broad SMARTS) is 1. The van der Waals surface area contributed by atoms with Crippen molar-refractivity contribution in [1.29, 1.82) is 5.26 Å². The highest BCUT2D eigenvalue weighted by atomic mass is 19.1. The molecule has 0 amide bonds. The zero-order valence-electron chi connectivity index (χ0n) is 10.6. The van der Waals surface area contributed by atoms with Crippen LogP contribution < -0.4 is 0 Å². The Morgan fingerprint density at radius 3 is 2.81 bits per heavy atom. The number of carbonyl (C=O) groups is 1. The van der Waals surface area contributed by atoms with Crippen LogP contribution in [0.15, 0.2) is 42.7 Å². The molecule has 0 aliphatic heterocycles. The lowest BCUT2D eigenvalue weighted by Gasteiger charge is -2.07. The van der Waals surface area contributed by atoms with Crippen molar-refractivity contribution in [1.82, 2.24) is 9.55 Å². The monoisotopic (exact) mass is 281 g/mol. The molecule has 0 saturated carbocycles. The molecule has 0 unspecified atom stereocenters. The van der Waals surface area contributed by atoms with Crippen LogP contribution in [0.1, 0.15) is 15.9 Å². The molecule has 1 heterocycles. The summed E-state index contributed by atoms with van der Waals surface area (Å²) < 4.78 is 14.8. The van der Waals surface area contributed by atoms with Gasteiger partial charge in [0.25, 0.3) is 0 Å². The third-order valence-corrected chi connectivity index (χ3v) is 3.13. The molecule has 0 atom stereocenters. The van der Waals surface area contributed by atoms with Gasteiger partial charge in [-0.15, -0.1) is 0 Å². The summed E-state index contributed by atoms with van der Waals surface area (Å²) in [6.07, 6.45) is 1.48. The summed E-state index contributed by atoms with van der Waals surface area (Å²) in [7, 11) is 0. The first-order valence-corrected chi connectivity index (χ1v) is 6.00. The van der Waals surface area contributed by atoms with Gasteiger partial charge in [-0.2, -0.15) is 5.26 Å². The largest absolute Gasteiger partial charge is 0.478 e. The molecular formula is C15H8FN3O2. The number of fused-ring (bicyclic) bond motifs is 1. The Morgan fingerprint density at radius 1 is 1.29 bits per heavy atom. The topological polar surface area (TPSA) is 78.9 Å². The number of halogens is 1. The second-order valence-electron chi connectivity index (χ2n) is 4.40. The fraction of sp³-hybridized carbons (Fsp3) is 0. The molecule has 0 aliphatic carbocycles. The molecule has 0 spiro atoms. The first-order valence-electron chi connectivity index (χ1n) is 6.00. The minimum atomic E-state index is -1.05. The number of nitriles is 1. The number of hydrogen-bond donors (Lipinski definition) is 1.